The average molecular weight is 603 g/mol. The number of quaternary nitrogens is 1. The Morgan fingerprint density at radius 2 is 1.62 bits per heavy atom. The maximum absolute atomic E-state index is 14.3. The highest BCUT2D eigenvalue weighted by Gasteiger charge is 2.41. The van der Waals surface area contributed by atoms with Gasteiger partial charge in [-0.05, 0) is 86.8 Å². The zero-order valence-corrected chi connectivity index (χ0v) is 23.4. The van der Waals surface area contributed by atoms with E-state index in [-0.39, 0.29) is 40.1 Å². The van der Waals surface area contributed by atoms with E-state index in [0.717, 1.165) is 37.3 Å². The van der Waals surface area contributed by atoms with Gasteiger partial charge in [-0.3, -0.25) is 4.79 Å². The summed E-state index contributed by atoms with van der Waals surface area (Å²) in [6.45, 7) is 4.04. The summed E-state index contributed by atoms with van der Waals surface area (Å²) in [6, 6.07) is 14.6. The van der Waals surface area contributed by atoms with Gasteiger partial charge in [0.05, 0.1) is 36.2 Å². The van der Waals surface area contributed by atoms with Crippen LogP contribution in [0.3, 0.4) is 0 Å². The molecule has 1 fully saturated rings. The van der Waals surface area contributed by atoms with E-state index in [4.69, 9.17) is 30.2 Å². The van der Waals surface area contributed by atoms with Crippen LogP contribution in [0.15, 0.2) is 69.9 Å². The molecule has 0 spiro atoms. The first-order valence-corrected chi connectivity index (χ1v) is 13.9. The second-order valence-electron chi connectivity index (χ2n) is 9.90. The molecule has 7 nitrogen and oxygen atoms in total. The molecule has 0 atom stereocenters. The molecule has 0 radical (unpaired) electrons. The molecule has 1 aliphatic rings. The first-order valence-electron chi connectivity index (χ1n) is 13.6. The molecule has 0 bridgehead atoms. The minimum Gasteiger partial charge on any atom is -0.494 e. The van der Waals surface area contributed by atoms with Gasteiger partial charge in [0.1, 0.15) is 23.8 Å². The van der Waals surface area contributed by atoms with Crippen LogP contribution in [0.2, 0.25) is 5.02 Å². The number of esters is 1. The van der Waals surface area contributed by atoms with Gasteiger partial charge in [0, 0.05) is 5.02 Å². The third-order valence-electron chi connectivity index (χ3n) is 6.96. The Kier molecular flexibility index (Phi) is 8.74. The van der Waals surface area contributed by atoms with Crippen molar-refractivity contribution in [2.24, 2.45) is 0 Å². The third-order valence-corrected chi connectivity index (χ3v) is 7.21. The summed E-state index contributed by atoms with van der Waals surface area (Å²) < 4.78 is 64.9. The average Bonchev–Trinajstić information content (AvgIpc) is 2.97. The highest BCUT2D eigenvalue weighted by Crippen LogP contribution is 2.40. The minimum atomic E-state index is -5.06. The van der Waals surface area contributed by atoms with Crippen molar-refractivity contribution in [3.63, 3.8) is 0 Å². The summed E-state index contributed by atoms with van der Waals surface area (Å²) >= 11 is 5.88. The monoisotopic (exact) mass is 602 g/mol. The Bertz CT molecular complexity index is 1630. The van der Waals surface area contributed by atoms with E-state index in [1.807, 2.05) is 6.92 Å². The molecular weight excluding hydrogens is 575 g/mol. The molecule has 11 heteroatoms. The molecular formula is C31H28ClF3NO6+. The van der Waals surface area contributed by atoms with Gasteiger partial charge < -0.3 is 23.5 Å². The summed E-state index contributed by atoms with van der Waals surface area (Å²) in [5.41, 5.74) is -0.882. The predicted octanol–water partition coefficient (Wildman–Crippen LogP) is 6.44. The number of ether oxygens (including phenoxy) is 3. The maximum atomic E-state index is 14.3. The van der Waals surface area contributed by atoms with Crippen LogP contribution in [-0.4, -0.2) is 25.7 Å². The number of hydrogen-bond donors (Lipinski definition) is 1. The molecule has 4 aromatic rings. The Morgan fingerprint density at radius 1 is 0.952 bits per heavy atom. The Labute approximate surface area is 244 Å². The van der Waals surface area contributed by atoms with Crippen LogP contribution in [0.4, 0.5) is 13.2 Å². The van der Waals surface area contributed by atoms with Crippen molar-refractivity contribution in [2.45, 2.75) is 38.9 Å². The minimum absolute atomic E-state index is 0.0158. The second-order valence-corrected chi connectivity index (χ2v) is 10.3. The number of rotatable bonds is 8. The van der Waals surface area contributed by atoms with Crippen LogP contribution >= 0.6 is 11.6 Å². The van der Waals surface area contributed by atoms with Gasteiger partial charge in [-0.2, -0.15) is 13.2 Å². The van der Waals surface area contributed by atoms with E-state index in [9.17, 15) is 22.8 Å². The van der Waals surface area contributed by atoms with Crippen molar-refractivity contribution in [1.82, 2.24) is 0 Å². The van der Waals surface area contributed by atoms with Crippen LogP contribution in [0.5, 0.6) is 23.0 Å². The van der Waals surface area contributed by atoms with Crippen LogP contribution < -0.4 is 24.5 Å². The van der Waals surface area contributed by atoms with Gasteiger partial charge in [-0.1, -0.05) is 11.6 Å². The Balaban J connectivity index is 1.61. The largest absolute Gasteiger partial charge is 0.494 e. The highest BCUT2D eigenvalue weighted by atomic mass is 35.5. The number of carbonyl (C=O) groups is 1. The lowest BCUT2D eigenvalue weighted by molar-refractivity contribution is -0.918. The molecule has 5 rings (SSSR count). The lowest BCUT2D eigenvalue weighted by Crippen LogP contribution is -3.11. The van der Waals surface area contributed by atoms with Gasteiger partial charge >= 0.3 is 12.1 Å². The molecule has 1 N–H and O–H groups in total. The Hall–Kier alpha value is -4.02. The summed E-state index contributed by atoms with van der Waals surface area (Å²) in [5, 5.41) is 0.223. The molecule has 42 heavy (non-hydrogen) atoms. The van der Waals surface area contributed by atoms with E-state index in [0.29, 0.717) is 17.4 Å². The molecule has 0 saturated carbocycles. The van der Waals surface area contributed by atoms with Gasteiger partial charge in [-0.25, -0.2) is 4.79 Å². The third kappa shape index (κ3) is 6.55. The summed E-state index contributed by atoms with van der Waals surface area (Å²) in [7, 11) is 0. The zero-order chi connectivity index (χ0) is 29.9. The molecule has 1 aromatic heterocycles. The highest BCUT2D eigenvalue weighted by molar-refractivity contribution is 6.30. The van der Waals surface area contributed by atoms with Gasteiger partial charge in [-0.15, -0.1) is 0 Å². The number of benzene rings is 3. The standard InChI is InChI=1S/C31H27ClF3NO6/c1-2-39-21-10-6-19(7-11-21)30(38)41-25-15-14-23-26(37)28(40-22-12-8-20(32)9-13-22)29(31(33,34)35)42-27(23)24(25)18-36-16-4-3-5-17-36/h6-15H,2-5,16-18H2,1H3/p+1. The maximum Gasteiger partial charge on any atom is 0.453 e. The first kappa shape index (κ1) is 29.5. The van der Waals surface area contributed by atoms with Gasteiger partial charge in [0.15, 0.2) is 5.58 Å². The topological polar surface area (TPSA) is 79.4 Å². The van der Waals surface area contributed by atoms with Crippen molar-refractivity contribution in [2.75, 3.05) is 19.7 Å². The fourth-order valence-electron chi connectivity index (χ4n) is 4.93. The number of nitrogens with one attached hydrogen (secondary N) is 1. The van der Waals surface area contributed by atoms with Crippen molar-refractivity contribution in [3.8, 4) is 23.0 Å². The summed E-state index contributed by atoms with van der Waals surface area (Å²) in [4.78, 5) is 27.7. The number of carbonyl (C=O) groups excluding carboxylic acids is 1. The van der Waals surface area contributed by atoms with Gasteiger partial charge in [0.2, 0.25) is 11.2 Å². The number of halogens is 4. The normalized spacial score (nSPS) is 14.1. The van der Waals surface area contributed by atoms with E-state index in [1.165, 1.54) is 48.5 Å². The van der Waals surface area contributed by atoms with Crippen molar-refractivity contribution in [1.29, 1.82) is 0 Å². The number of hydrogen-bond acceptors (Lipinski definition) is 6. The predicted molar refractivity (Wildman–Crippen MR) is 150 cm³/mol. The van der Waals surface area contributed by atoms with Crippen molar-refractivity contribution < 1.29 is 41.5 Å². The van der Waals surface area contributed by atoms with Crippen molar-refractivity contribution in [3.05, 3.63) is 92.8 Å². The zero-order valence-electron chi connectivity index (χ0n) is 22.7. The number of fused-ring (bicyclic) bond motifs is 1. The quantitative estimate of drug-likeness (QED) is 0.185. The van der Waals surface area contributed by atoms with Crippen molar-refractivity contribution >= 4 is 28.5 Å². The molecule has 3 aromatic carbocycles. The summed E-state index contributed by atoms with van der Waals surface area (Å²) in [5.74, 6) is -2.72. The summed E-state index contributed by atoms with van der Waals surface area (Å²) in [6.07, 6.45) is -2.12. The van der Waals surface area contributed by atoms with E-state index in [2.05, 4.69) is 0 Å². The molecule has 1 saturated heterocycles. The van der Waals surface area contributed by atoms with Crippen LogP contribution in [0.25, 0.3) is 11.0 Å². The fourth-order valence-corrected chi connectivity index (χ4v) is 5.06. The fraction of sp³-hybridized carbons (Fsp3) is 0.290. The number of piperidine rings is 1. The molecule has 2 heterocycles. The SMILES string of the molecule is CCOc1ccc(C(=O)Oc2ccc3c(=O)c(Oc4ccc(Cl)cc4)c(C(F)(F)F)oc3c2C[NH+]2CCCCC2)cc1. The van der Waals surface area contributed by atoms with E-state index < -0.39 is 29.1 Å². The molecule has 0 unspecified atom stereocenters. The molecule has 0 amide bonds. The molecule has 0 aliphatic carbocycles. The number of alkyl halides is 3. The smallest absolute Gasteiger partial charge is 0.453 e. The Morgan fingerprint density at radius 3 is 2.26 bits per heavy atom. The van der Waals surface area contributed by atoms with E-state index in [1.54, 1.807) is 12.1 Å². The number of likely N-dealkylation sites (tertiary alicyclic amines) is 1. The van der Waals surface area contributed by atoms with E-state index >= 15 is 0 Å². The lowest BCUT2D eigenvalue weighted by Gasteiger charge is -2.25. The van der Waals surface area contributed by atoms with Crippen LogP contribution in [0, 0.1) is 0 Å². The first-order chi connectivity index (χ1) is 20.1. The molecule has 220 valence electrons. The van der Waals surface area contributed by atoms with Crippen LogP contribution in [0.1, 0.15) is 47.9 Å². The van der Waals surface area contributed by atoms with Gasteiger partial charge in [0.25, 0.3) is 5.76 Å². The molecule has 1 aliphatic heterocycles. The van der Waals surface area contributed by atoms with Crippen LogP contribution in [-0.2, 0) is 12.7 Å². The second kappa shape index (κ2) is 12.5. The lowest BCUT2D eigenvalue weighted by atomic mass is 10.1.